The fraction of sp³-hybridized carbons (Fsp3) is 0.333. The largest absolute Gasteiger partial charge is 0.393 e. The molecule has 0 bridgehead atoms. The van der Waals surface area contributed by atoms with Gasteiger partial charge in [0.25, 0.3) is 0 Å². The van der Waals surface area contributed by atoms with Gasteiger partial charge in [-0.15, -0.1) is 0 Å². The molecule has 1 rings (SSSR count). The Bertz CT molecular complexity index is 101. The lowest BCUT2D eigenvalue weighted by atomic mass is 10.6. The molecule has 0 spiro atoms. The Hall–Kier alpha value is 0.200. The van der Waals surface area contributed by atoms with E-state index < -0.39 is 0 Å². The summed E-state index contributed by atoms with van der Waals surface area (Å²) in [6.07, 6.45) is 1.84. The Kier molecular flexibility index (Phi) is 1.51. The second kappa shape index (κ2) is 1.98. The molecule has 0 aliphatic carbocycles. The van der Waals surface area contributed by atoms with Crippen molar-refractivity contribution in [3.8, 4) is 0 Å². The van der Waals surface area contributed by atoms with Crippen LogP contribution in [0, 0.1) is 0 Å². The van der Waals surface area contributed by atoms with Crippen LogP contribution in [0.25, 0.3) is 0 Å². The minimum Gasteiger partial charge on any atom is -0.393 e. The van der Waals surface area contributed by atoms with Crippen LogP contribution < -0.4 is 11.5 Å². The molecule has 1 atom stereocenters. The van der Waals surface area contributed by atoms with Gasteiger partial charge in [-0.05, 0) is 16.9 Å². The van der Waals surface area contributed by atoms with E-state index >= 15 is 0 Å². The highest BCUT2D eigenvalue weighted by Gasteiger charge is 2.08. The molecule has 40 valence electrons. The average molecular weight is 134 g/mol. The third-order valence-corrected chi connectivity index (χ3v) is 2.90. The Morgan fingerprint density at radius 1 is 1.71 bits per heavy atom. The van der Waals surface area contributed by atoms with Crippen molar-refractivity contribution in [1.29, 1.82) is 0 Å². The third-order valence-electron chi connectivity index (χ3n) is 0.584. The average Bonchev–Trinajstić information content (AvgIpc) is 1.87. The van der Waals surface area contributed by atoms with E-state index in [2.05, 4.69) is 0 Å². The lowest BCUT2D eigenvalue weighted by molar-refractivity contribution is 1.16. The summed E-state index contributed by atoms with van der Waals surface area (Å²) < 4.78 is 0. The summed E-state index contributed by atoms with van der Waals surface area (Å²) in [5, 5.41) is 0.947. The van der Waals surface area contributed by atoms with Crippen molar-refractivity contribution in [2.75, 3.05) is 0 Å². The van der Waals surface area contributed by atoms with Crippen LogP contribution in [0.15, 0.2) is 11.1 Å². The van der Waals surface area contributed by atoms with Crippen molar-refractivity contribution in [3.63, 3.8) is 0 Å². The van der Waals surface area contributed by atoms with E-state index in [0.29, 0.717) is 0 Å². The molecule has 1 aliphatic rings. The molecule has 7 heavy (non-hydrogen) atoms. The van der Waals surface area contributed by atoms with E-state index in [4.69, 9.17) is 11.5 Å². The predicted octanol–water partition coefficient (Wildman–Crippen LogP) is 0.466. The zero-order valence-corrected chi connectivity index (χ0v) is 5.26. The highest BCUT2D eigenvalue weighted by Crippen LogP contribution is 2.36. The first kappa shape index (κ1) is 5.34. The molecule has 1 unspecified atom stereocenters. The molecule has 4 N–H and O–H groups in total. The maximum atomic E-state index is 5.41. The van der Waals surface area contributed by atoms with Crippen LogP contribution in [-0.4, -0.2) is 5.37 Å². The summed E-state index contributed by atoms with van der Waals surface area (Å²) in [5.74, 6) is 0. The van der Waals surface area contributed by atoms with Crippen molar-refractivity contribution in [2.45, 2.75) is 5.37 Å². The van der Waals surface area contributed by atoms with Crippen molar-refractivity contribution in [3.05, 3.63) is 11.1 Å². The van der Waals surface area contributed by atoms with Gasteiger partial charge >= 0.3 is 0 Å². The second-order valence-corrected chi connectivity index (χ2v) is 3.67. The molecule has 0 aromatic heterocycles. The molecule has 1 aliphatic heterocycles. The van der Waals surface area contributed by atoms with Crippen molar-refractivity contribution < 1.29 is 0 Å². The molecule has 0 fully saturated rings. The van der Waals surface area contributed by atoms with Crippen molar-refractivity contribution >= 4 is 21.6 Å². The van der Waals surface area contributed by atoms with E-state index in [1.807, 2.05) is 6.08 Å². The molecule has 1 heterocycles. The fourth-order valence-corrected chi connectivity index (χ4v) is 2.04. The Morgan fingerprint density at radius 2 is 2.43 bits per heavy atom. The Morgan fingerprint density at radius 3 is 2.57 bits per heavy atom. The van der Waals surface area contributed by atoms with Gasteiger partial charge in [-0.25, -0.2) is 0 Å². The molecular formula is C3H6N2S2. The Labute approximate surface area is 50.1 Å². The van der Waals surface area contributed by atoms with E-state index in [-0.39, 0.29) is 5.37 Å². The molecule has 0 aromatic carbocycles. The summed E-state index contributed by atoms with van der Waals surface area (Å²) in [5.41, 5.74) is 10.8. The normalized spacial score (nSPS) is 30.4. The first-order chi connectivity index (χ1) is 3.29. The monoisotopic (exact) mass is 134 g/mol. The number of nitrogens with two attached hydrogens (primary N) is 2. The van der Waals surface area contributed by atoms with Gasteiger partial charge in [0.05, 0.1) is 10.4 Å². The number of hydrogen-bond donors (Lipinski definition) is 2. The van der Waals surface area contributed by atoms with Crippen molar-refractivity contribution in [2.24, 2.45) is 11.5 Å². The van der Waals surface area contributed by atoms with E-state index in [1.54, 1.807) is 10.8 Å². The maximum absolute atomic E-state index is 5.41. The van der Waals surface area contributed by atoms with Crippen LogP contribution in [-0.2, 0) is 0 Å². The first-order valence-electron chi connectivity index (χ1n) is 1.85. The van der Waals surface area contributed by atoms with Gasteiger partial charge in [-0.2, -0.15) is 0 Å². The molecule has 0 saturated carbocycles. The van der Waals surface area contributed by atoms with E-state index in [9.17, 15) is 0 Å². The summed E-state index contributed by atoms with van der Waals surface area (Å²) in [6, 6.07) is 0. The summed E-state index contributed by atoms with van der Waals surface area (Å²) >= 11 is 0. The minimum absolute atomic E-state index is 0.116. The number of hydrogen-bond acceptors (Lipinski definition) is 4. The van der Waals surface area contributed by atoms with Crippen LogP contribution in [0.3, 0.4) is 0 Å². The highest BCUT2D eigenvalue weighted by atomic mass is 33.1. The van der Waals surface area contributed by atoms with Gasteiger partial charge in [-0.3, -0.25) is 0 Å². The molecule has 0 amide bonds. The van der Waals surface area contributed by atoms with Gasteiger partial charge in [0, 0.05) is 0 Å². The molecule has 0 radical (unpaired) electrons. The lowest BCUT2D eigenvalue weighted by Gasteiger charge is -1.88. The quantitative estimate of drug-likeness (QED) is 0.473. The molecule has 2 nitrogen and oxygen atoms in total. The maximum Gasteiger partial charge on any atom is 0.0830 e. The zero-order valence-electron chi connectivity index (χ0n) is 3.63. The van der Waals surface area contributed by atoms with Crippen molar-refractivity contribution in [1.82, 2.24) is 0 Å². The minimum atomic E-state index is 0.116. The molecular weight excluding hydrogens is 128 g/mol. The van der Waals surface area contributed by atoms with Crippen LogP contribution in [0.5, 0.6) is 0 Å². The van der Waals surface area contributed by atoms with Gasteiger partial charge < -0.3 is 11.5 Å². The summed E-state index contributed by atoms with van der Waals surface area (Å²) in [7, 11) is 3.12. The van der Waals surface area contributed by atoms with Crippen LogP contribution in [0.1, 0.15) is 0 Å². The highest BCUT2D eigenvalue weighted by molar-refractivity contribution is 8.78. The molecule has 4 heteroatoms. The lowest BCUT2D eigenvalue weighted by Crippen LogP contribution is -2.07. The number of rotatable bonds is 0. The SMILES string of the molecule is NC1=CC(N)SS1. The molecule has 0 aromatic rings. The molecule has 0 saturated heterocycles. The zero-order chi connectivity index (χ0) is 5.28. The van der Waals surface area contributed by atoms with Crippen LogP contribution in [0.2, 0.25) is 0 Å². The smallest absolute Gasteiger partial charge is 0.0830 e. The van der Waals surface area contributed by atoms with E-state index in [0.717, 1.165) is 5.03 Å². The van der Waals surface area contributed by atoms with Gasteiger partial charge in [0.15, 0.2) is 0 Å². The first-order valence-corrected chi connectivity index (χ1v) is 4.06. The standard InChI is InChI=1S/C3H6N2S2/c4-2-1-3(5)7-6-2/h1-2H,4-5H2. The van der Waals surface area contributed by atoms with Gasteiger partial charge in [0.1, 0.15) is 0 Å². The summed E-state index contributed by atoms with van der Waals surface area (Å²) in [4.78, 5) is 0. The van der Waals surface area contributed by atoms with E-state index in [1.165, 1.54) is 10.8 Å². The fourth-order valence-electron chi connectivity index (χ4n) is 0.329. The van der Waals surface area contributed by atoms with Crippen LogP contribution >= 0.6 is 21.6 Å². The topological polar surface area (TPSA) is 52.0 Å². The third kappa shape index (κ3) is 1.29. The van der Waals surface area contributed by atoms with Gasteiger partial charge in [-0.1, -0.05) is 10.8 Å². The van der Waals surface area contributed by atoms with Gasteiger partial charge in [0.2, 0.25) is 0 Å². The summed E-state index contributed by atoms with van der Waals surface area (Å²) in [6.45, 7) is 0. The Balaban J connectivity index is 2.50. The predicted molar refractivity (Wildman–Crippen MR) is 35.4 cm³/mol. The van der Waals surface area contributed by atoms with Crippen LogP contribution in [0.4, 0.5) is 0 Å². The second-order valence-electron chi connectivity index (χ2n) is 1.21.